The van der Waals surface area contributed by atoms with Crippen molar-refractivity contribution in [2.75, 3.05) is 0 Å². The Balaban J connectivity index is 2.69. The number of hydrogen-bond donors (Lipinski definition) is 0. The highest BCUT2D eigenvalue weighted by Gasteiger charge is 1.89. The molecule has 0 unspecified atom stereocenters. The average molecular weight is 152 g/mol. The fourth-order valence-electron chi connectivity index (χ4n) is 0.677. The summed E-state index contributed by atoms with van der Waals surface area (Å²) in [6.07, 6.45) is 0. The van der Waals surface area contributed by atoms with E-state index < -0.39 is 0 Å². The van der Waals surface area contributed by atoms with E-state index >= 15 is 0 Å². The summed E-state index contributed by atoms with van der Waals surface area (Å²) in [6, 6.07) is 7.34. The molecular formula is C7H6BClO. The quantitative estimate of drug-likeness (QED) is 0.589. The Morgan fingerprint density at radius 2 is 1.90 bits per heavy atom. The summed E-state index contributed by atoms with van der Waals surface area (Å²) in [5.74, 6) is 0. The fourth-order valence-corrected chi connectivity index (χ4v) is 0.803. The van der Waals surface area contributed by atoms with Crippen LogP contribution in [-0.2, 0) is 11.3 Å². The molecule has 10 heavy (non-hydrogen) atoms. The van der Waals surface area contributed by atoms with E-state index in [0.717, 1.165) is 10.6 Å². The Morgan fingerprint density at radius 1 is 1.30 bits per heavy atom. The molecule has 0 heterocycles. The van der Waals surface area contributed by atoms with Crippen LogP contribution in [-0.4, -0.2) is 8.05 Å². The lowest BCUT2D eigenvalue weighted by Gasteiger charge is -1.97. The smallest absolute Gasteiger partial charge is 0.283 e. The Labute approximate surface area is 66.4 Å². The van der Waals surface area contributed by atoms with Crippen molar-refractivity contribution in [3.8, 4) is 0 Å². The molecule has 0 fully saturated rings. The normalized spacial score (nSPS) is 9.70. The maximum Gasteiger partial charge on any atom is 0.283 e. The van der Waals surface area contributed by atoms with Gasteiger partial charge >= 0.3 is 0 Å². The molecule has 0 aliphatic rings. The monoisotopic (exact) mass is 152 g/mol. The summed E-state index contributed by atoms with van der Waals surface area (Å²) in [4.78, 5) is 0. The largest absolute Gasteiger partial charge is 0.444 e. The first-order valence-electron chi connectivity index (χ1n) is 2.89. The second-order valence-corrected chi connectivity index (χ2v) is 2.37. The van der Waals surface area contributed by atoms with E-state index in [1.54, 1.807) is 12.1 Å². The van der Waals surface area contributed by atoms with E-state index in [1.807, 2.05) is 12.1 Å². The topological polar surface area (TPSA) is 9.23 Å². The van der Waals surface area contributed by atoms with Crippen molar-refractivity contribution in [3.05, 3.63) is 34.9 Å². The van der Waals surface area contributed by atoms with Crippen molar-refractivity contribution in [1.82, 2.24) is 0 Å². The van der Waals surface area contributed by atoms with Gasteiger partial charge in [0.15, 0.2) is 0 Å². The molecule has 0 aromatic heterocycles. The Bertz CT molecular complexity index is 197. The first-order valence-corrected chi connectivity index (χ1v) is 3.27. The summed E-state index contributed by atoms with van der Waals surface area (Å²) in [5.41, 5.74) is 1.02. The van der Waals surface area contributed by atoms with Crippen LogP contribution in [0.25, 0.3) is 0 Å². The lowest BCUT2D eigenvalue weighted by Crippen LogP contribution is -1.86. The van der Waals surface area contributed by atoms with Crippen molar-refractivity contribution in [2.45, 2.75) is 6.61 Å². The van der Waals surface area contributed by atoms with Gasteiger partial charge in [-0.25, -0.2) is 0 Å². The molecular weight excluding hydrogens is 146 g/mol. The second-order valence-electron chi connectivity index (χ2n) is 1.94. The minimum absolute atomic E-state index is 0.428. The molecule has 0 bridgehead atoms. The van der Waals surface area contributed by atoms with Crippen LogP contribution in [0.5, 0.6) is 0 Å². The third kappa shape index (κ3) is 2.05. The van der Waals surface area contributed by atoms with Crippen molar-refractivity contribution in [2.24, 2.45) is 0 Å². The number of halogens is 1. The summed E-state index contributed by atoms with van der Waals surface area (Å²) in [5, 5.41) is 0.723. The van der Waals surface area contributed by atoms with Crippen LogP contribution in [0.3, 0.4) is 0 Å². The zero-order valence-electron chi connectivity index (χ0n) is 5.38. The van der Waals surface area contributed by atoms with Gasteiger partial charge < -0.3 is 4.65 Å². The van der Waals surface area contributed by atoms with Gasteiger partial charge in [-0.2, -0.15) is 0 Å². The van der Waals surface area contributed by atoms with Gasteiger partial charge in [0.1, 0.15) is 0 Å². The van der Waals surface area contributed by atoms with Gasteiger partial charge in [0.05, 0.1) is 6.61 Å². The number of rotatable bonds is 2. The standard InChI is InChI=1S/C7H6BClO/c8-10-5-6-1-3-7(9)4-2-6/h1-4H,5H2. The average Bonchev–Trinajstić information content (AvgIpc) is 1.95. The highest BCUT2D eigenvalue weighted by molar-refractivity contribution is 6.30. The van der Waals surface area contributed by atoms with Gasteiger partial charge in [-0.3, -0.25) is 0 Å². The molecule has 1 rings (SSSR count). The number of benzene rings is 1. The van der Waals surface area contributed by atoms with Crippen LogP contribution in [0.1, 0.15) is 5.56 Å². The third-order valence-corrected chi connectivity index (χ3v) is 1.42. The lowest BCUT2D eigenvalue weighted by atomic mass is 10.2. The van der Waals surface area contributed by atoms with Crippen molar-refractivity contribution in [3.63, 3.8) is 0 Å². The first-order chi connectivity index (χ1) is 4.83. The van der Waals surface area contributed by atoms with Crippen LogP contribution >= 0.6 is 11.6 Å². The molecule has 2 radical (unpaired) electrons. The zero-order valence-corrected chi connectivity index (χ0v) is 6.14. The van der Waals surface area contributed by atoms with Crippen LogP contribution < -0.4 is 0 Å². The number of hydrogen-bond acceptors (Lipinski definition) is 1. The van der Waals surface area contributed by atoms with Gasteiger partial charge in [0.25, 0.3) is 8.05 Å². The highest BCUT2D eigenvalue weighted by atomic mass is 35.5. The van der Waals surface area contributed by atoms with Crippen LogP contribution in [0, 0.1) is 0 Å². The van der Waals surface area contributed by atoms with E-state index in [-0.39, 0.29) is 0 Å². The molecule has 0 aliphatic heterocycles. The molecule has 0 N–H and O–H groups in total. The van der Waals surface area contributed by atoms with E-state index in [0.29, 0.717) is 6.61 Å². The Morgan fingerprint density at radius 3 is 2.40 bits per heavy atom. The van der Waals surface area contributed by atoms with Crippen LogP contribution in [0.15, 0.2) is 24.3 Å². The molecule has 50 valence electrons. The predicted molar refractivity (Wildman–Crippen MR) is 42.0 cm³/mol. The van der Waals surface area contributed by atoms with Gasteiger partial charge in [0.2, 0.25) is 0 Å². The van der Waals surface area contributed by atoms with E-state index in [2.05, 4.69) is 4.65 Å². The minimum atomic E-state index is 0.428. The molecule has 3 heteroatoms. The van der Waals surface area contributed by atoms with Crippen LogP contribution in [0.4, 0.5) is 0 Å². The SMILES string of the molecule is [B]OCc1ccc(Cl)cc1. The van der Waals surface area contributed by atoms with Gasteiger partial charge in [-0.1, -0.05) is 23.7 Å². The molecule has 1 nitrogen and oxygen atoms in total. The molecule has 0 atom stereocenters. The Kier molecular flexibility index (Phi) is 2.78. The molecule has 1 aromatic rings. The predicted octanol–water partition coefficient (Wildman–Crippen LogP) is 1.94. The highest BCUT2D eigenvalue weighted by Crippen LogP contribution is 2.09. The maximum atomic E-state index is 5.64. The van der Waals surface area contributed by atoms with Crippen molar-refractivity contribution < 1.29 is 4.65 Å². The summed E-state index contributed by atoms with van der Waals surface area (Å²) in [6.45, 7) is 0.428. The third-order valence-electron chi connectivity index (χ3n) is 1.16. The second kappa shape index (κ2) is 3.64. The van der Waals surface area contributed by atoms with Gasteiger partial charge in [-0.05, 0) is 17.7 Å². The molecule has 0 spiro atoms. The Hall–Kier alpha value is -0.465. The first kappa shape index (κ1) is 7.64. The van der Waals surface area contributed by atoms with Crippen molar-refractivity contribution in [1.29, 1.82) is 0 Å². The van der Waals surface area contributed by atoms with E-state index in [1.165, 1.54) is 0 Å². The summed E-state index contributed by atoms with van der Waals surface area (Å²) in [7, 11) is 4.87. The molecule has 0 saturated carbocycles. The van der Waals surface area contributed by atoms with Gasteiger partial charge in [0, 0.05) is 5.02 Å². The van der Waals surface area contributed by atoms with Gasteiger partial charge in [-0.15, -0.1) is 0 Å². The fraction of sp³-hybridized carbons (Fsp3) is 0.143. The van der Waals surface area contributed by atoms with E-state index in [9.17, 15) is 0 Å². The minimum Gasteiger partial charge on any atom is -0.444 e. The summed E-state index contributed by atoms with van der Waals surface area (Å²) < 4.78 is 4.42. The van der Waals surface area contributed by atoms with Crippen LogP contribution in [0.2, 0.25) is 5.02 Å². The molecule has 1 aromatic carbocycles. The summed E-state index contributed by atoms with van der Waals surface area (Å²) >= 11 is 5.64. The molecule has 0 aliphatic carbocycles. The lowest BCUT2D eigenvalue weighted by molar-refractivity contribution is 0.338. The molecule has 0 amide bonds. The van der Waals surface area contributed by atoms with E-state index in [4.69, 9.17) is 19.7 Å². The molecule has 0 saturated heterocycles. The maximum absolute atomic E-state index is 5.64. The zero-order chi connectivity index (χ0) is 7.40. The van der Waals surface area contributed by atoms with Crippen molar-refractivity contribution >= 4 is 19.7 Å².